The molecule has 0 spiro atoms. The van der Waals surface area contributed by atoms with Crippen molar-refractivity contribution in [1.82, 2.24) is 20.4 Å². The van der Waals surface area contributed by atoms with Gasteiger partial charge in [0.05, 0.1) is 12.4 Å². The second kappa shape index (κ2) is 8.96. The highest BCUT2D eigenvalue weighted by molar-refractivity contribution is 7.99. The number of aromatic nitrogens is 4. The van der Waals surface area contributed by atoms with Crippen molar-refractivity contribution in [2.75, 3.05) is 17.7 Å². The van der Waals surface area contributed by atoms with Gasteiger partial charge in [-0.05, 0) is 31.2 Å². The number of nitrogens with zero attached hydrogens (tertiary/aromatic N) is 4. The largest absolute Gasteiger partial charge is 0.494 e. The molecule has 0 radical (unpaired) electrons. The summed E-state index contributed by atoms with van der Waals surface area (Å²) in [6, 6.07) is 7.39. The molecular formula is C17H19N5O3S2. The van der Waals surface area contributed by atoms with Crippen molar-refractivity contribution < 1.29 is 13.9 Å². The molecule has 0 unspecified atom stereocenters. The van der Waals surface area contributed by atoms with E-state index in [0.717, 1.165) is 16.3 Å². The second-order valence-corrected chi connectivity index (χ2v) is 7.70. The van der Waals surface area contributed by atoms with Crippen molar-refractivity contribution in [1.29, 1.82) is 0 Å². The minimum absolute atomic E-state index is 0.140. The summed E-state index contributed by atoms with van der Waals surface area (Å²) in [5.41, 5.74) is 0.789. The summed E-state index contributed by atoms with van der Waals surface area (Å²) in [6.45, 7) is 6.59. The lowest BCUT2D eigenvalue weighted by Gasteiger charge is -2.02. The number of nitrogens with one attached hydrogen (secondary N) is 1. The summed E-state index contributed by atoms with van der Waals surface area (Å²) in [5, 5.41) is 20.4. The van der Waals surface area contributed by atoms with Crippen LogP contribution in [0.15, 0.2) is 33.9 Å². The Bertz CT molecular complexity index is 892. The lowest BCUT2D eigenvalue weighted by atomic mass is 10.2. The van der Waals surface area contributed by atoms with E-state index >= 15 is 0 Å². The summed E-state index contributed by atoms with van der Waals surface area (Å²) < 4.78 is 11.0. The van der Waals surface area contributed by atoms with E-state index in [-0.39, 0.29) is 17.6 Å². The van der Waals surface area contributed by atoms with Gasteiger partial charge < -0.3 is 9.15 Å². The molecule has 3 aromatic rings. The van der Waals surface area contributed by atoms with Gasteiger partial charge in [-0.25, -0.2) is 0 Å². The number of thioether (sulfide) groups is 1. The van der Waals surface area contributed by atoms with Crippen LogP contribution >= 0.6 is 23.1 Å². The molecule has 0 saturated carbocycles. The maximum Gasteiger partial charge on any atom is 0.277 e. The zero-order valence-electron chi connectivity index (χ0n) is 15.1. The van der Waals surface area contributed by atoms with E-state index < -0.39 is 0 Å². The van der Waals surface area contributed by atoms with Crippen LogP contribution < -0.4 is 10.1 Å². The fourth-order valence-electron chi connectivity index (χ4n) is 2.05. The van der Waals surface area contributed by atoms with Crippen LogP contribution in [0.1, 0.15) is 31.7 Å². The van der Waals surface area contributed by atoms with E-state index in [1.165, 1.54) is 23.1 Å². The molecule has 2 heterocycles. The molecule has 1 amide bonds. The van der Waals surface area contributed by atoms with E-state index in [1.54, 1.807) is 0 Å². The van der Waals surface area contributed by atoms with Crippen LogP contribution in [-0.4, -0.2) is 38.7 Å². The van der Waals surface area contributed by atoms with Gasteiger partial charge in [0.2, 0.25) is 16.9 Å². The number of ether oxygens (including phenoxy) is 1. The SMILES string of the molecule is CCOc1ccc(-c2nnc(SCC(=O)Nc3nnc(C(C)C)s3)o2)cc1. The third-order valence-electron chi connectivity index (χ3n) is 3.33. The lowest BCUT2D eigenvalue weighted by Crippen LogP contribution is -2.13. The Morgan fingerprint density at radius 3 is 2.67 bits per heavy atom. The number of carbonyl (C=O) groups excluding carboxylic acids is 1. The number of carbonyl (C=O) groups is 1. The Morgan fingerprint density at radius 2 is 2.00 bits per heavy atom. The van der Waals surface area contributed by atoms with Gasteiger partial charge in [-0.1, -0.05) is 36.9 Å². The fraction of sp³-hybridized carbons (Fsp3) is 0.353. The van der Waals surface area contributed by atoms with Crippen LogP contribution in [0, 0.1) is 0 Å². The first kappa shape index (κ1) is 19.3. The maximum atomic E-state index is 12.0. The predicted molar refractivity (Wildman–Crippen MR) is 104 cm³/mol. The summed E-state index contributed by atoms with van der Waals surface area (Å²) in [5.74, 6) is 1.40. The zero-order chi connectivity index (χ0) is 19.2. The number of rotatable bonds is 8. The van der Waals surface area contributed by atoms with Crippen LogP contribution in [-0.2, 0) is 4.79 Å². The third kappa shape index (κ3) is 5.27. The highest BCUT2D eigenvalue weighted by Crippen LogP contribution is 2.26. The molecule has 0 atom stereocenters. The van der Waals surface area contributed by atoms with E-state index in [0.29, 0.717) is 22.9 Å². The van der Waals surface area contributed by atoms with Crippen molar-refractivity contribution in [2.45, 2.75) is 31.9 Å². The summed E-state index contributed by atoms with van der Waals surface area (Å²) in [4.78, 5) is 12.0. The van der Waals surface area contributed by atoms with Crippen LogP contribution in [0.3, 0.4) is 0 Å². The summed E-state index contributed by atoms with van der Waals surface area (Å²) in [6.07, 6.45) is 0. The Morgan fingerprint density at radius 1 is 1.22 bits per heavy atom. The number of hydrogen-bond acceptors (Lipinski definition) is 9. The normalized spacial score (nSPS) is 11.0. The first-order valence-electron chi connectivity index (χ1n) is 8.38. The quantitative estimate of drug-likeness (QED) is 0.564. The van der Waals surface area contributed by atoms with Crippen molar-refractivity contribution in [3.8, 4) is 17.2 Å². The molecule has 0 bridgehead atoms. The molecule has 0 aliphatic rings. The molecule has 3 rings (SSSR count). The number of amides is 1. The van der Waals surface area contributed by atoms with E-state index in [1.807, 2.05) is 45.0 Å². The van der Waals surface area contributed by atoms with E-state index in [9.17, 15) is 4.79 Å². The molecule has 0 aliphatic heterocycles. The molecular weight excluding hydrogens is 386 g/mol. The van der Waals surface area contributed by atoms with Gasteiger partial charge in [0.1, 0.15) is 10.8 Å². The zero-order valence-corrected chi connectivity index (χ0v) is 16.8. The minimum atomic E-state index is -0.202. The molecule has 10 heteroatoms. The number of anilines is 1. The van der Waals surface area contributed by atoms with Crippen LogP contribution in [0.2, 0.25) is 0 Å². The summed E-state index contributed by atoms with van der Waals surface area (Å²) >= 11 is 2.54. The van der Waals surface area contributed by atoms with E-state index in [2.05, 4.69) is 25.7 Å². The third-order valence-corrected chi connectivity index (χ3v) is 5.28. The van der Waals surface area contributed by atoms with Crippen LogP contribution in [0.5, 0.6) is 5.75 Å². The van der Waals surface area contributed by atoms with Gasteiger partial charge >= 0.3 is 0 Å². The molecule has 0 saturated heterocycles. The second-order valence-electron chi connectivity index (χ2n) is 5.77. The van der Waals surface area contributed by atoms with Gasteiger partial charge in [-0.15, -0.1) is 20.4 Å². The van der Waals surface area contributed by atoms with Gasteiger partial charge in [0, 0.05) is 11.5 Å². The predicted octanol–water partition coefficient (Wildman–Crippen LogP) is 3.84. The van der Waals surface area contributed by atoms with Gasteiger partial charge in [-0.2, -0.15) is 0 Å². The number of hydrogen-bond donors (Lipinski definition) is 1. The highest BCUT2D eigenvalue weighted by atomic mass is 32.2. The highest BCUT2D eigenvalue weighted by Gasteiger charge is 2.14. The van der Waals surface area contributed by atoms with Crippen LogP contribution in [0.25, 0.3) is 11.5 Å². The monoisotopic (exact) mass is 405 g/mol. The standard InChI is InChI=1S/C17H19N5O3S2/c1-4-24-12-7-5-11(6-8-12)14-19-22-17(25-14)26-9-13(23)18-16-21-20-15(27-16)10(2)3/h5-8,10H,4,9H2,1-3H3,(H,18,21,23). The van der Waals surface area contributed by atoms with Crippen LogP contribution in [0.4, 0.5) is 5.13 Å². The average molecular weight is 406 g/mol. The van der Waals surface area contributed by atoms with Crippen molar-refractivity contribution in [2.24, 2.45) is 0 Å². The Hall–Kier alpha value is -2.46. The average Bonchev–Trinajstić information content (AvgIpc) is 3.30. The maximum absolute atomic E-state index is 12.0. The molecule has 27 heavy (non-hydrogen) atoms. The molecule has 1 aromatic carbocycles. The molecule has 2 aromatic heterocycles. The first-order valence-corrected chi connectivity index (χ1v) is 10.2. The molecule has 0 aliphatic carbocycles. The number of benzene rings is 1. The molecule has 0 fully saturated rings. The first-order chi connectivity index (χ1) is 13.0. The Labute approximate surface area is 164 Å². The fourth-order valence-corrected chi connectivity index (χ4v) is 3.37. The molecule has 1 N–H and O–H groups in total. The lowest BCUT2D eigenvalue weighted by molar-refractivity contribution is -0.113. The smallest absolute Gasteiger partial charge is 0.277 e. The summed E-state index contributed by atoms with van der Waals surface area (Å²) in [7, 11) is 0. The molecule has 142 valence electrons. The van der Waals surface area contributed by atoms with Gasteiger partial charge in [-0.3, -0.25) is 10.1 Å². The Kier molecular flexibility index (Phi) is 6.40. The van der Waals surface area contributed by atoms with Gasteiger partial charge in [0.25, 0.3) is 5.22 Å². The Balaban J connectivity index is 1.53. The molecule has 8 nitrogen and oxygen atoms in total. The minimum Gasteiger partial charge on any atom is -0.494 e. The topological polar surface area (TPSA) is 103 Å². The van der Waals surface area contributed by atoms with Gasteiger partial charge in [0.15, 0.2) is 0 Å². The van der Waals surface area contributed by atoms with Crippen molar-refractivity contribution in [3.63, 3.8) is 0 Å². The van der Waals surface area contributed by atoms with E-state index in [4.69, 9.17) is 9.15 Å². The van der Waals surface area contributed by atoms with Crippen molar-refractivity contribution >= 4 is 34.1 Å². The van der Waals surface area contributed by atoms with Crippen molar-refractivity contribution in [3.05, 3.63) is 29.3 Å².